The summed E-state index contributed by atoms with van der Waals surface area (Å²) in [5.74, 6) is -0.0600. The van der Waals surface area contributed by atoms with Gasteiger partial charge in [-0.1, -0.05) is 6.58 Å². The van der Waals surface area contributed by atoms with Crippen LogP contribution in [0.4, 0.5) is 0 Å². The summed E-state index contributed by atoms with van der Waals surface area (Å²) in [5, 5.41) is 0. The molecule has 0 bridgehead atoms. The molecule has 1 rings (SSSR count). The topological polar surface area (TPSA) is 52.6 Å². The molecule has 90 valence electrons. The lowest BCUT2D eigenvalue weighted by atomic mass is 10.1. The Labute approximate surface area is 99.8 Å². The van der Waals surface area contributed by atoms with Crippen LogP contribution >= 0.6 is 0 Å². The quantitative estimate of drug-likeness (QED) is 0.445. The zero-order valence-electron chi connectivity index (χ0n) is 9.86. The molecule has 1 aromatic rings. The Morgan fingerprint density at radius 1 is 1.47 bits per heavy atom. The minimum absolute atomic E-state index is 0.314. The summed E-state index contributed by atoms with van der Waals surface area (Å²) >= 11 is 0. The van der Waals surface area contributed by atoms with E-state index in [4.69, 9.17) is 4.74 Å². The van der Waals surface area contributed by atoms with Crippen LogP contribution in [-0.4, -0.2) is 26.0 Å². The number of aldehydes is 1. The molecular formula is C13H14O4. The van der Waals surface area contributed by atoms with Crippen molar-refractivity contribution in [2.24, 2.45) is 0 Å². The van der Waals surface area contributed by atoms with Gasteiger partial charge in [0, 0.05) is 0 Å². The van der Waals surface area contributed by atoms with Crippen molar-refractivity contribution in [2.75, 3.05) is 13.7 Å². The number of rotatable bonds is 5. The van der Waals surface area contributed by atoms with Gasteiger partial charge in [-0.3, -0.25) is 4.79 Å². The van der Waals surface area contributed by atoms with Gasteiger partial charge in [-0.25, -0.2) is 4.79 Å². The lowest BCUT2D eigenvalue weighted by Gasteiger charge is -2.09. The summed E-state index contributed by atoms with van der Waals surface area (Å²) in [5.41, 5.74) is 1.48. The van der Waals surface area contributed by atoms with Gasteiger partial charge in [0.2, 0.25) is 0 Å². The summed E-state index contributed by atoms with van der Waals surface area (Å²) in [6, 6.07) is 4.55. The van der Waals surface area contributed by atoms with Crippen LogP contribution in [0.15, 0.2) is 30.4 Å². The smallest absolute Gasteiger partial charge is 0.337 e. The van der Waals surface area contributed by atoms with Crippen molar-refractivity contribution >= 4 is 12.3 Å². The fourth-order valence-electron chi connectivity index (χ4n) is 1.22. The maximum atomic E-state index is 11.3. The summed E-state index contributed by atoms with van der Waals surface area (Å²) in [6.45, 7) is 5.85. The van der Waals surface area contributed by atoms with E-state index in [-0.39, 0.29) is 0 Å². The van der Waals surface area contributed by atoms with Gasteiger partial charge in [0.05, 0.1) is 18.2 Å². The fraction of sp³-hybridized carbons (Fsp3) is 0.231. The van der Waals surface area contributed by atoms with Crippen molar-refractivity contribution in [3.05, 3.63) is 41.5 Å². The van der Waals surface area contributed by atoms with Gasteiger partial charge in [-0.15, -0.1) is 0 Å². The molecule has 17 heavy (non-hydrogen) atoms. The van der Waals surface area contributed by atoms with E-state index in [1.165, 1.54) is 13.2 Å². The highest BCUT2D eigenvalue weighted by molar-refractivity contribution is 5.92. The normalized spacial score (nSPS) is 9.53. The largest absolute Gasteiger partial charge is 0.489 e. The molecule has 0 atom stereocenters. The lowest BCUT2D eigenvalue weighted by Crippen LogP contribution is -2.04. The van der Waals surface area contributed by atoms with E-state index in [1.807, 2.05) is 6.92 Å². The van der Waals surface area contributed by atoms with Crippen LogP contribution in [-0.2, 0) is 4.74 Å². The zero-order chi connectivity index (χ0) is 12.8. The molecule has 0 aliphatic rings. The van der Waals surface area contributed by atoms with Crippen LogP contribution in [0.5, 0.6) is 5.75 Å². The second kappa shape index (κ2) is 5.84. The number of esters is 1. The highest BCUT2D eigenvalue weighted by Gasteiger charge is 2.10. The molecule has 0 N–H and O–H groups in total. The summed E-state index contributed by atoms with van der Waals surface area (Å²) < 4.78 is 9.94. The van der Waals surface area contributed by atoms with Crippen LogP contribution in [0.25, 0.3) is 0 Å². The average molecular weight is 234 g/mol. The van der Waals surface area contributed by atoms with E-state index in [0.717, 1.165) is 5.57 Å². The van der Waals surface area contributed by atoms with E-state index < -0.39 is 5.97 Å². The molecule has 0 unspecified atom stereocenters. The average Bonchev–Trinajstić information content (AvgIpc) is 2.34. The Hall–Kier alpha value is -2.10. The second-order valence-electron chi connectivity index (χ2n) is 3.61. The molecule has 1 aromatic carbocycles. The Balaban J connectivity index is 2.97. The lowest BCUT2D eigenvalue weighted by molar-refractivity contribution is 0.0600. The van der Waals surface area contributed by atoms with E-state index in [0.29, 0.717) is 29.8 Å². The van der Waals surface area contributed by atoms with Gasteiger partial charge in [-0.2, -0.15) is 0 Å². The zero-order valence-corrected chi connectivity index (χ0v) is 9.86. The fourth-order valence-corrected chi connectivity index (χ4v) is 1.22. The minimum atomic E-state index is -0.487. The molecular weight excluding hydrogens is 220 g/mol. The van der Waals surface area contributed by atoms with Gasteiger partial charge in [0.15, 0.2) is 6.29 Å². The number of ether oxygens (including phenoxy) is 2. The standard InChI is InChI=1S/C13H14O4/c1-9(2)8-17-12-5-4-10(13(15)16-3)6-11(12)7-14/h4-7H,1,8H2,2-3H3. The van der Waals surface area contributed by atoms with E-state index >= 15 is 0 Å². The molecule has 0 saturated heterocycles. The van der Waals surface area contributed by atoms with Gasteiger partial charge in [-0.05, 0) is 30.7 Å². The van der Waals surface area contributed by atoms with Crippen LogP contribution in [0.1, 0.15) is 27.6 Å². The molecule has 0 saturated carbocycles. The first-order chi connectivity index (χ1) is 8.08. The third-order valence-corrected chi connectivity index (χ3v) is 2.03. The van der Waals surface area contributed by atoms with E-state index in [1.54, 1.807) is 12.1 Å². The molecule has 0 aliphatic carbocycles. The number of hydrogen-bond donors (Lipinski definition) is 0. The van der Waals surface area contributed by atoms with E-state index in [2.05, 4.69) is 11.3 Å². The maximum Gasteiger partial charge on any atom is 0.337 e. The molecule has 0 aromatic heterocycles. The number of hydrogen-bond acceptors (Lipinski definition) is 4. The predicted octanol–water partition coefficient (Wildman–Crippen LogP) is 2.24. The Bertz CT molecular complexity index is 449. The summed E-state index contributed by atoms with van der Waals surface area (Å²) in [6.07, 6.45) is 0.639. The minimum Gasteiger partial charge on any atom is -0.489 e. The Kier molecular flexibility index (Phi) is 4.46. The summed E-state index contributed by atoms with van der Waals surface area (Å²) in [4.78, 5) is 22.1. The first-order valence-corrected chi connectivity index (χ1v) is 5.03. The van der Waals surface area contributed by atoms with Gasteiger partial charge in [0.1, 0.15) is 12.4 Å². The Morgan fingerprint density at radius 2 is 2.18 bits per heavy atom. The molecule has 0 amide bonds. The molecule has 0 aliphatic heterocycles. The number of methoxy groups -OCH3 is 1. The second-order valence-corrected chi connectivity index (χ2v) is 3.61. The van der Waals surface area contributed by atoms with Crippen LogP contribution < -0.4 is 4.74 Å². The third kappa shape index (κ3) is 3.45. The Morgan fingerprint density at radius 3 is 2.71 bits per heavy atom. The number of carbonyl (C=O) groups is 2. The van der Waals surface area contributed by atoms with Crippen molar-refractivity contribution in [1.82, 2.24) is 0 Å². The third-order valence-electron chi connectivity index (χ3n) is 2.03. The molecule has 0 spiro atoms. The molecule has 4 nitrogen and oxygen atoms in total. The number of benzene rings is 1. The monoisotopic (exact) mass is 234 g/mol. The van der Waals surface area contributed by atoms with Crippen molar-refractivity contribution in [1.29, 1.82) is 0 Å². The van der Waals surface area contributed by atoms with Crippen LogP contribution in [0.2, 0.25) is 0 Å². The first-order valence-electron chi connectivity index (χ1n) is 5.03. The molecule has 4 heteroatoms. The summed E-state index contributed by atoms with van der Waals surface area (Å²) in [7, 11) is 1.29. The van der Waals surface area contributed by atoms with Gasteiger partial charge in [0.25, 0.3) is 0 Å². The SMILES string of the molecule is C=C(C)COc1ccc(C(=O)OC)cc1C=O. The molecule has 0 heterocycles. The van der Waals surface area contributed by atoms with Gasteiger partial charge >= 0.3 is 5.97 Å². The first kappa shape index (κ1) is 13.0. The van der Waals surface area contributed by atoms with Crippen LogP contribution in [0, 0.1) is 0 Å². The maximum absolute atomic E-state index is 11.3. The van der Waals surface area contributed by atoms with Crippen molar-refractivity contribution in [2.45, 2.75) is 6.92 Å². The molecule has 0 fully saturated rings. The molecule has 0 radical (unpaired) electrons. The predicted molar refractivity (Wildman–Crippen MR) is 63.5 cm³/mol. The van der Waals surface area contributed by atoms with Crippen molar-refractivity contribution < 1.29 is 19.1 Å². The van der Waals surface area contributed by atoms with Crippen molar-refractivity contribution in [3.8, 4) is 5.75 Å². The highest BCUT2D eigenvalue weighted by Crippen LogP contribution is 2.19. The number of carbonyl (C=O) groups excluding carboxylic acids is 2. The van der Waals surface area contributed by atoms with Gasteiger partial charge < -0.3 is 9.47 Å². The highest BCUT2D eigenvalue weighted by atomic mass is 16.5. The van der Waals surface area contributed by atoms with E-state index in [9.17, 15) is 9.59 Å². The van der Waals surface area contributed by atoms with Crippen molar-refractivity contribution in [3.63, 3.8) is 0 Å². The van der Waals surface area contributed by atoms with Crippen LogP contribution in [0.3, 0.4) is 0 Å².